The van der Waals surface area contributed by atoms with Crippen molar-refractivity contribution in [2.24, 2.45) is 5.73 Å². The lowest BCUT2D eigenvalue weighted by Gasteiger charge is -2.08. The Hall–Kier alpha value is -3.33. The summed E-state index contributed by atoms with van der Waals surface area (Å²) >= 11 is 0. The highest BCUT2D eigenvalue weighted by molar-refractivity contribution is 6.03. The number of imidazole rings is 1. The smallest absolute Gasteiger partial charge is 0.276 e. The van der Waals surface area contributed by atoms with Gasteiger partial charge in [-0.3, -0.25) is 24.2 Å². The Bertz CT molecular complexity index is 1020. The molecular weight excluding hydrogens is 346 g/mol. The molecular formula is C18H21N7O2. The molecule has 1 amide bonds. The highest BCUT2D eigenvalue weighted by atomic mass is 16.2. The standard InChI is InChI=1S/C18H21N7O2/c1-3-25-15(8-12(2)23-25)17(27)22-18-21-14-9-13(11-26)10-20-16(14)24(18)7-5-4-6-19/h4-5,8-11H,3,6-7,19H2,1-2H3,(H,21,22,27)/b5-4+. The third-order valence-corrected chi connectivity index (χ3v) is 3.99. The van der Waals surface area contributed by atoms with E-state index in [1.807, 2.05) is 26.0 Å². The molecule has 0 saturated carbocycles. The second kappa shape index (κ2) is 7.92. The van der Waals surface area contributed by atoms with E-state index in [9.17, 15) is 9.59 Å². The van der Waals surface area contributed by atoms with Crippen LogP contribution in [-0.4, -0.2) is 43.1 Å². The number of rotatable bonds is 7. The normalized spacial score (nSPS) is 11.4. The SMILES string of the molecule is CCn1nc(C)cc1C(=O)Nc1nc2cc(C=O)cnc2n1C/C=C/CN. The molecule has 140 valence electrons. The summed E-state index contributed by atoms with van der Waals surface area (Å²) in [6.45, 7) is 5.17. The molecule has 3 aromatic heterocycles. The molecule has 0 atom stereocenters. The molecule has 0 fully saturated rings. The average molecular weight is 367 g/mol. The molecule has 27 heavy (non-hydrogen) atoms. The Labute approximate surface area is 155 Å². The van der Waals surface area contributed by atoms with Gasteiger partial charge in [-0.05, 0) is 26.0 Å². The van der Waals surface area contributed by atoms with Crippen LogP contribution in [0.5, 0.6) is 0 Å². The Morgan fingerprint density at radius 2 is 2.15 bits per heavy atom. The third kappa shape index (κ3) is 3.77. The molecule has 3 aromatic rings. The van der Waals surface area contributed by atoms with Gasteiger partial charge >= 0.3 is 0 Å². The van der Waals surface area contributed by atoms with Gasteiger partial charge in [0.1, 0.15) is 11.2 Å². The van der Waals surface area contributed by atoms with Crippen LogP contribution in [0.4, 0.5) is 5.95 Å². The molecule has 9 heteroatoms. The molecule has 3 heterocycles. The Morgan fingerprint density at radius 1 is 1.33 bits per heavy atom. The van der Waals surface area contributed by atoms with Crippen molar-refractivity contribution >= 4 is 29.3 Å². The fourth-order valence-corrected chi connectivity index (χ4v) is 2.77. The maximum absolute atomic E-state index is 12.7. The van der Waals surface area contributed by atoms with Crippen molar-refractivity contribution in [2.75, 3.05) is 11.9 Å². The second-order valence-electron chi connectivity index (χ2n) is 5.92. The Morgan fingerprint density at radius 3 is 2.85 bits per heavy atom. The van der Waals surface area contributed by atoms with Crippen LogP contribution in [0.15, 0.2) is 30.5 Å². The topological polar surface area (TPSA) is 121 Å². The molecule has 0 aliphatic rings. The number of fused-ring (bicyclic) bond motifs is 1. The number of pyridine rings is 1. The summed E-state index contributed by atoms with van der Waals surface area (Å²) in [7, 11) is 0. The van der Waals surface area contributed by atoms with E-state index in [-0.39, 0.29) is 5.91 Å². The first-order valence-corrected chi connectivity index (χ1v) is 8.59. The van der Waals surface area contributed by atoms with E-state index in [1.54, 1.807) is 21.4 Å². The number of aryl methyl sites for hydroxylation is 2. The molecule has 0 aliphatic heterocycles. The lowest BCUT2D eigenvalue weighted by atomic mass is 10.3. The second-order valence-corrected chi connectivity index (χ2v) is 5.92. The molecule has 3 rings (SSSR count). The van der Waals surface area contributed by atoms with E-state index in [0.717, 1.165) is 5.69 Å². The first-order valence-electron chi connectivity index (χ1n) is 8.59. The minimum Gasteiger partial charge on any atom is -0.327 e. The first-order chi connectivity index (χ1) is 13.1. The maximum Gasteiger partial charge on any atom is 0.276 e. The maximum atomic E-state index is 12.7. The van der Waals surface area contributed by atoms with Crippen LogP contribution in [-0.2, 0) is 13.1 Å². The summed E-state index contributed by atoms with van der Waals surface area (Å²) < 4.78 is 3.39. The van der Waals surface area contributed by atoms with E-state index in [1.165, 1.54) is 6.20 Å². The monoisotopic (exact) mass is 367 g/mol. The molecule has 3 N–H and O–H groups in total. The fraction of sp³-hybridized carbons (Fsp3) is 0.278. The number of aldehydes is 1. The number of hydrogen-bond donors (Lipinski definition) is 2. The number of anilines is 1. The summed E-state index contributed by atoms with van der Waals surface area (Å²) in [6.07, 6.45) is 5.86. The zero-order valence-corrected chi connectivity index (χ0v) is 15.2. The predicted octanol–water partition coefficient (Wildman–Crippen LogP) is 1.54. The van der Waals surface area contributed by atoms with Crippen molar-refractivity contribution in [3.05, 3.63) is 47.4 Å². The van der Waals surface area contributed by atoms with Gasteiger partial charge in [0.05, 0.1) is 5.69 Å². The largest absolute Gasteiger partial charge is 0.327 e. The molecule has 9 nitrogen and oxygen atoms in total. The molecule has 0 aliphatic carbocycles. The summed E-state index contributed by atoms with van der Waals surface area (Å²) in [5.41, 5.74) is 8.23. The van der Waals surface area contributed by atoms with Gasteiger partial charge in [-0.2, -0.15) is 5.10 Å². The number of hydrogen-bond acceptors (Lipinski definition) is 6. The van der Waals surface area contributed by atoms with E-state index >= 15 is 0 Å². The molecule has 0 spiro atoms. The number of amides is 1. The van der Waals surface area contributed by atoms with E-state index in [4.69, 9.17) is 5.73 Å². The number of carbonyl (C=O) groups excluding carboxylic acids is 2. The van der Waals surface area contributed by atoms with Crippen molar-refractivity contribution in [3.8, 4) is 0 Å². The number of nitrogens with two attached hydrogens (primary N) is 1. The first kappa shape index (κ1) is 18.5. The van der Waals surface area contributed by atoms with Crippen LogP contribution < -0.4 is 11.1 Å². The zero-order valence-electron chi connectivity index (χ0n) is 15.2. The highest BCUT2D eigenvalue weighted by Crippen LogP contribution is 2.20. The summed E-state index contributed by atoms with van der Waals surface area (Å²) in [5, 5.41) is 7.12. The number of carbonyl (C=O) groups is 2. The third-order valence-electron chi connectivity index (χ3n) is 3.99. The quantitative estimate of drug-likeness (QED) is 0.483. The van der Waals surface area contributed by atoms with Crippen molar-refractivity contribution in [3.63, 3.8) is 0 Å². The summed E-state index contributed by atoms with van der Waals surface area (Å²) in [4.78, 5) is 32.5. The summed E-state index contributed by atoms with van der Waals surface area (Å²) in [5.74, 6) is 0.0288. The molecule has 0 bridgehead atoms. The van der Waals surface area contributed by atoms with Crippen LogP contribution in [0.2, 0.25) is 0 Å². The van der Waals surface area contributed by atoms with Crippen molar-refractivity contribution in [1.82, 2.24) is 24.3 Å². The molecule has 0 unspecified atom stereocenters. The van der Waals surface area contributed by atoms with Gasteiger partial charge in [0.25, 0.3) is 5.91 Å². The molecule has 0 radical (unpaired) electrons. The van der Waals surface area contributed by atoms with Crippen LogP contribution in [0, 0.1) is 6.92 Å². The highest BCUT2D eigenvalue weighted by Gasteiger charge is 2.18. The number of aromatic nitrogens is 5. The van der Waals surface area contributed by atoms with Gasteiger partial charge in [-0.15, -0.1) is 0 Å². The van der Waals surface area contributed by atoms with Crippen molar-refractivity contribution < 1.29 is 9.59 Å². The number of nitrogens with zero attached hydrogens (tertiary/aromatic N) is 5. The predicted molar refractivity (Wildman–Crippen MR) is 102 cm³/mol. The minimum atomic E-state index is -0.313. The fourth-order valence-electron chi connectivity index (χ4n) is 2.77. The van der Waals surface area contributed by atoms with Gasteiger partial charge in [0.2, 0.25) is 5.95 Å². The van der Waals surface area contributed by atoms with Gasteiger partial charge in [0, 0.05) is 31.4 Å². The number of allylic oxidation sites excluding steroid dienone is 1. The zero-order chi connectivity index (χ0) is 19.4. The van der Waals surface area contributed by atoms with Crippen LogP contribution in [0.25, 0.3) is 11.2 Å². The molecule has 0 aromatic carbocycles. The van der Waals surface area contributed by atoms with E-state index in [2.05, 4.69) is 20.4 Å². The summed E-state index contributed by atoms with van der Waals surface area (Å²) in [6, 6.07) is 3.36. The molecule has 0 saturated heterocycles. The lowest BCUT2D eigenvalue weighted by Crippen LogP contribution is -2.20. The van der Waals surface area contributed by atoms with Gasteiger partial charge in [0.15, 0.2) is 11.9 Å². The van der Waals surface area contributed by atoms with Gasteiger partial charge in [-0.1, -0.05) is 12.2 Å². The van der Waals surface area contributed by atoms with Crippen LogP contribution in [0.1, 0.15) is 33.5 Å². The van der Waals surface area contributed by atoms with E-state index in [0.29, 0.717) is 54.3 Å². The average Bonchev–Trinajstić information content (AvgIpc) is 3.21. The van der Waals surface area contributed by atoms with Gasteiger partial charge < -0.3 is 5.73 Å². The van der Waals surface area contributed by atoms with E-state index < -0.39 is 0 Å². The van der Waals surface area contributed by atoms with Crippen molar-refractivity contribution in [1.29, 1.82) is 0 Å². The minimum absolute atomic E-state index is 0.313. The number of nitrogens with one attached hydrogen (secondary N) is 1. The Kier molecular flexibility index (Phi) is 5.41. The van der Waals surface area contributed by atoms with Crippen LogP contribution in [0.3, 0.4) is 0 Å². The van der Waals surface area contributed by atoms with Gasteiger partial charge in [-0.25, -0.2) is 9.97 Å². The van der Waals surface area contributed by atoms with Crippen LogP contribution >= 0.6 is 0 Å². The lowest BCUT2D eigenvalue weighted by molar-refractivity contribution is 0.101. The van der Waals surface area contributed by atoms with Crippen molar-refractivity contribution in [2.45, 2.75) is 26.9 Å². The Balaban J connectivity index is 2.00.